The second kappa shape index (κ2) is 6.88. The van der Waals surface area contributed by atoms with Crippen molar-refractivity contribution >= 4 is 22.5 Å². The number of aromatic nitrogens is 2. The maximum Gasteiger partial charge on any atom is 0.287 e. The number of aryl methyl sites for hydroxylation is 2. The summed E-state index contributed by atoms with van der Waals surface area (Å²) in [4.78, 5) is 16.2. The van der Waals surface area contributed by atoms with Crippen LogP contribution < -0.4 is 9.88 Å². The summed E-state index contributed by atoms with van der Waals surface area (Å²) in [5, 5.41) is 14.1. The van der Waals surface area contributed by atoms with Gasteiger partial charge in [0.05, 0.1) is 35.8 Å². The SMILES string of the molecule is CCc1c(C2=CCCC2)c[n+](C)c2[nH]cc(C(=O)NC(C)C(C)(C)O)c12. The molecule has 2 aromatic heterocycles. The Morgan fingerprint density at radius 2 is 2.19 bits per heavy atom. The molecule has 1 aliphatic rings. The van der Waals surface area contributed by atoms with Gasteiger partial charge < -0.3 is 10.4 Å². The van der Waals surface area contributed by atoms with Gasteiger partial charge in [0.1, 0.15) is 6.20 Å². The summed E-state index contributed by atoms with van der Waals surface area (Å²) in [7, 11) is 2.01. The lowest BCUT2D eigenvalue weighted by molar-refractivity contribution is -0.646. The number of carbonyl (C=O) groups is 1. The van der Waals surface area contributed by atoms with Crippen LogP contribution in [0.1, 0.15) is 68.4 Å². The Bertz CT molecular complexity index is 871. The Hall–Kier alpha value is -2.14. The summed E-state index contributed by atoms with van der Waals surface area (Å²) < 4.78 is 2.07. The molecule has 0 aromatic carbocycles. The van der Waals surface area contributed by atoms with Crippen molar-refractivity contribution in [3.63, 3.8) is 0 Å². The number of pyridine rings is 1. The van der Waals surface area contributed by atoms with E-state index in [0.29, 0.717) is 5.56 Å². The van der Waals surface area contributed by atoms with E-state index in [9.17, 15) is 9.90 Å². The number of hydrogen-bond acceptors (Lipinski definition) is 2. The molecule has 1 atom stereocenters. The molecule has 1 unspecified atom stereocenters. The van der Waals surface area contributed by atoms with E-state index >= 15 is 0 Å². The fourth-order valence-electron chi connectivity index (χ4n) is 3.66. The summed E-state index contributed by atoms with van der Waals surface area (Å²) >= 11 is 0. The zero-order valence-electron chi connectivity index (χ0n) is 16.4. The molecule has 0 radical (unpaired) electrons. The summed E-state index contributed by atoms with van der Waals surface area (Å²) in [6.45, 7) is 7.37. The van der Waals surface area contributed by atoms with Crippen LogP contribution in [0.3, 0.4) is 0 Å². The minimum absolute atomic E-state index is 0.155. The third-order valence-corrected chi connectivity index (χ3v) is 5.55. The molecule has 3 N–H and O–H groups in total. The molecule has 2 heterocycles. The zero-order valence-corrected chi connectivity index (χ0v) is 16.4. The zero-order chi connectivity index (χ0) is 19.1. The van der Waals surface area contributed by atoms with Crippen molar-refractivity contribution in [2.75, 3.05) is 0 Å². The fourth-order valence-corrected chi connectivity index (χ4v) is 3.66. The molecule has 0 bridgehead atoms. The molecule has 1 aliphatic carbocycles. The lowest BCUT2D eigenvalue weighted by Gasteiger charge is -2.26. The van der Waals surface area contributed by atoms with Crippen LogP contribution in [0.4, 0.5) is 0 Å². The summed E-state index contributed by atoms with van der Waals surface area (Å²) in [6, 6.07) is -0.348. The van der Waals surface area contributed by atoms with Crippen LogP contribution in [-0.4, -0.2) is 27.6 Å². The first kappa shape index (κ1) is 18.6. The van der Waals surface area contributed by atoms with Gasteiger partial charge in [-0.05, 0) is 57.6 Å². The highest BCUT2D eigenvalue weighted by molar-refractivity contribution is 6.07. The van der Waals surface area contributed by atoms with Crippen LogP contribution in [0.2, 0.25) is 0 Å². The summed E-state index contributed by atoms with van der Waals surface area (Å²) in [5.41, 5.74) is 4.48. The van der Waals surface area contributed by atoms with E-state index in [-0.39, 0.29) is 11.9 Å². The van der Waals surface area contributed by atoms with Gasteiger partial charge >= 0.3 is 0 Å². The topological polar surface area (TPSA) is 69.0 Å². The van der Waals surface area contributed by atoms with Crippen molar-refractivity contribution in [2.45, 2.75) is 65.0 Å². The Labute approximate surface area is 155 Å². The van der Waals surface area contributed by atoms with E-state index in [2.05, 4.69) is 34.1 Å². The molecule has 26 heavy (non-hydrogen) atoms. The molecule has 5 nitrogen and oxygen atoms in total. The molecule has 0 fully saturated rings. The molecular weight excluding hydrogens is 326 g/mol. The molecule has 5 heteroatoms. The first-order chi connectivity index (χ1) is 12.2. The maximum atomic E-state index is 12.9. The van der Waals surface area contributed by atoms with Gasteiger partial charge in [0.2, 0.25) is 0 Å². The highest BCUT2D eigenvalue weighted by atomic mass is 16.3. The van der Waals surface area contributed by atoms with Gasteiger partial charge in [0.25, 0.3) is 11.6 Å². The van der Waals surface area contributed by atoms with Crippen LogP contribution >= 0.6 is 0 Å². The monoisotopic (exact) mass is 356 g/mol. The van der Waals surface area contributed by atoms with Crippen molar-refractivity contribution in [1.29, 1.82) is 0 Å². The van der Waals surface area contributed by atoms with Crippen LogP contribution in [-0.2, 0) is 13.5 Å². The third kappa shape index (κ3) is 3.28. The van der Waals surface area contributed by atoms with Crippen LogP contribution in [0.25, 0.3) is 16.6 Å². The van der Waals surface area contributed by atoms with Crippen molar-refractivity contribution in [2.24, 2.45) is 7.05 Å². The molecular formula is C21H30N3O2+. The number of carbonyl (C=O) groups excluding carboxylic acids is 1. The van der Waals surface area contributed by atoms with E-state index in [1.165, 1.54) is 23.1 Å². The minimum atomic E-state index is -0.972. The number of allylic oxidation sites excluding steroid dienone is 2. The van der Waals surface area contributed by atoms with E-state index in [4.69, 9.17) is 0 Å². The largest absolute Gasteiger partial charge is 0.388 e. The van der Waals surface area contributed by atoms with Crippen molar-refractivity contribution < 1.29 is 14.5 Å². The molecule has 140 valence electrons. The highest BCUT2D eigenvalue weighted by Crippen LogP contribution is 2.33. The first-order valence-corrected chi connectivity index (χ1v) is 9.49. The molecule has 0 saturated heterocycles. The van der Waals surface area contributed by atoms with Gasteiger partial charge in [-0.25, -0.2) is 9.55 Å². The number of H-pyrrole nitrogens is 1. The van der Waals surface area contributed by atoms with E-state index < -0.39 is 5.60 Å². The van der Waals surface area contributed by atoms with Gasteiger partial charge in [0, 0.05) is 5.56 Å². The third-order valence-electron chi connectivity index (χ3n) is 5.55. The normalized spacial score (nSPS) is 16.0. The molecule has 1 amide bonds. The number of aromatic amines is 1. The van der Waals surface area contributed by atoms with Gasteiger partial charge in [0.15, 0.2) is 0 Å². The van der Waals surface area contributed by atoms with Gasteiger partial charge in [-0.2, -0.15) is 0 Å². The smallest absolute Gasteiger partial charge is 0.287 e. The van der Waals surface area contributed by atoms with Gasteiger partial charge in [-0.3, -0.25) is 4.79 Å². The number of nitrogens with one attached hydrogen (secondary N) is 2. The van der Waals surface area contributed by atoms with Crippen LogP contribution in [0.5, 0.6) is 0 Å². The predicted octanol–water partition coefficient (Wildman–Crippen LogP) is 3.01. The number of hydrogen-bond donors (Lipinski definition) is 3. The Kier molecular flexibility index (Phi) is 4.93. The first-order valence-electron chi connectivity index (χ1n) is 9.49. The van der Waals surface area contributed by atoms with Crippen molar-refractivity contribution in [3.05, 3.63) is 35.2 Å². The number of rotatable bonds is 5. The van der Waals surface area contributed by atoms with Gasteiger partial charge in [-0.1, -0.05) is 13.0 Å². The molecule has 2 aromatic rings. The predicted molar refractivity (Wildman–Crippen MR) is 104 cm³/mol. The minimum Gasteiger partial charge on any atom is -0.388 e. The number of nitrogens with zero attached hydrogens (tertiary/aromatic N) is 1. The van der Waals surface area contributed by atoms with Gasteiger partial charge in [-0.15, -0.1) is 0 Å². The lowest BCUT2D eigenvalue weighted by Crippen LogP contribution is -2.47. The number of amides is 1. The lowest BCUT2D eigenvalue weighted by atomic mass is 9.95. The Morgan fingerprint density at radius 1 is 1.46 bits per heavy atom. The average Bonchev–Trinajstić information content (AvgIpc) is 3.23. The van der Waals surface area contributed by atoms with Crippen LogP contribution in [0.15, 0.2) is 18.5 Å². The van der Waals surface area contributed by atoms with Crippen molar-refractivity contribution in [3.8, 4) is 0 Å². The molecule has 0 aliphatic heterocycles. The fraction of sp³-hybridized carbons (Fsp3) is 0.524. The highest BCUT2D eigenvalue weighted by Gasteiger charge is 2.28. The summed E-state index contributed by atoms with van der Waals surface area (Å²) in [6.07, 6.45) is 10.6. The van der Waals surface area contributed by atoms with Crippen molar-refractivity contribution in [1.82, 2.24) is 10.3 Å². The second-order valence-corrected chi connectivity index (χ2v) is 7.88. The molecule has 0 saturated carbocycles. The quantitative estimate of drug-likeness (QED) is 0.721. The standard InChI is InChI=1S/C21H29N3O2/c1-6-15-17(14-9-7-8-10-14)12-24(5)19-18(15)16(11-22-19)20(25)23-13(2)21(3,4)26/h9,11-13,26H,6-8,10H2,1-5H3,(H,23,25)/p+1. The van der Waals surface area contributed by atoms with Crippen LogP contribution in [0, 0.1) is 0 Å². The van der Waals surface area contributed by atoms with E-state index in [1.807, 2.05) is 14.0 Å². The second-order valence-electron chi connectivity index (χ2n) is 7.88. The summed E-state index contributed by atoms with van der Waals surface area (Å²) in [5.74, 6) is -0.155. The van der Waals surface area contributed by atoms with E-state index in [0.717, 1.165) is 30.3 Å². The maximum absolute atomic E-state index is 12.9. The number of aliphatic hydroxyl groups is 1. The Morgan fingerprint density at radius 3 is 2.77 bits per heavy atom. The molecule has 3 rings (SSSR count). The average molecular weight is 356 g/mol. The Balaban J connectivity index is 2.11. The number of fused-ring (bicyclic) bond motifs is 1. The molecule has 0 spiro atoms. The van der Waals surface area contributed by atoms with E-state index in [1.54, 1.807) is 20.0 Å².